The van der Waals surface area contributed by atoms with Crippen LogP contribution in [0, 0.1) is 5.82 Å². The molecule has 0 aromatic heterocycles. The van der Waals surface area contributed by atoms with Gasteiger partial charge in [0.1, 0.15) is 11.6 Å². The molecule has 4 heteroatoms. The van der Waals surface area contributed by atoms with Crippen LogP contribution in [0.5, 0.6) is 5.75 Å². The average molecular weight is 308 g/mol. The van der Waals surface area contributed by atoms with Crippen LogP contribution in [0.4, 0.5) is 4.39 Å². The monoisotopic (exact) mass is 307 g/mol. The van der Waals surface area contributed by atoms with Crippen LogP contribution in [0.1, 0.15) is 31.0 Å². The Kier molecular flexibility index (Phi) is 5.59. The number of ether oxygens (including phenoxy) is 1. The molecule has 2 nitrogen and oxygen atoms in total. The summed E-state index contributed by atoms with van der Waals surface area (Å²) >= 11 is 5.90. The number of rotatable bonds is 6. The van der Waals surface area contributed by atoms with Crippen molar-refractivity contribution < 1.29 is 9.13 Å². The summed E-state index contributed by atoms with van der Waals surface area (Å²) < 4.78 is 18.9. The van der Waals surface area contributed by atoms with Crippen molar-refractivity contribution in [1.82, 2.24) is 5.32 Å². The highest BCUT2D eigenvalue weighted by Gasteiger charge is 2.15. The van der Waals surface area contributed by atoms with Gasteiger partial charge in [-0.2, -0.15) is 0 Å². The van der Waals surface area contributed by atoms with Crippen molar-refractivity contribution in [2.24, 2.45) is 0 Å². The van der Waals surface area contributed by atoms with E-state index in [4.69, 9.17) is 16.3 Å². The average Bonchev–Trinajstić information content (AvgIpc) is 2.48. The van der Waals surface area contributed by atoms with Gasteiger partial charge >= 0.3 is 0 Å². The molecule has 2 aromatic rings. The zero-order valence-corrected chi connectivity index (χ0v) is 13.0. The molecule has 0 radical (unpaired) electrons. The predicted octanol–water partition coefficient (Wildman–Crippen LogP) is 4.58. The maximum atomic E-state index is 13.3. The lowest BCUT2D eigenvalue weighted by atomic mass is 9.98. The summed E-state index contributed by atoms with van der Waals surface area (Å²) in [7, 11) is 0. The van der Waals surface area contributed by atoms with Crippen LogP contribution in [0.2, 0.25) is 5.02 Å². The van der Waals surface area contributed by atoms with Crippen LogP contribution >= 0.6 is 11.6 Å². The standard InChI is InChI=1S/C17H19ClFNO/c1-3-20-17(13-8-9-16(19)15(18)11-13)12-6-5-7-14(10-12)21-4-2/h5-11,17,20H,3-4H2,1-2H3. The van der Waals surface area contributed by atoms with E-state index in [0.717, 1.165) is 23.4 Å². The third kappa shape index (κ3) is 3.96. The van der Waals surface area contributed by atoms with E-state index < -0.39 is 5.82 Å². The van der Waals surface area contributed by atoms with Crippen LogP contribution in [0.25, 0.3) is 0 Å². The normalized spacial score (nSPS) is 12.2. The lowest BCUT2D eigenvalue weighted by Crippen LogP contribution is -2.22. The van der Waals surface area contributed by atoms with Crippen molar-refractivity contribution in [2.75, 3.05) is 13.2 Å². The Balaban J connectivity index is 2.37. The van der Waals surface area contributed by atoms with Gasteiger partial charge in [0.15, 0.2) is 0 Å². The lowest BCUT2D eigenvalue weighted by Gasteiger charge is -2.20. The van der Waals surface area contributed by atoms with Gasteiger partial charge in [-0.25, -0.2) is 4.39 Å². The van der Waals surface area contributed by atoms with Gasteiger partial charge < -0.3 is 10.1 Å². The van der Waals surface area contributed by atoms with Crippen LogP contribution in [0.3, 0.4) is 0 Å². The van der Waals surface area contributed by atoms with E-state index in [1.807, 2.05) is 38.1 Å². The Morgan fingerprint density at radius 1 is 1.14 bits per heavy atom. The molecule has 21 heavy (non-hydrogen) atoms. The molecule has 0 saturated heterocycles. The van der Waals surface area contributed by atoms with Gasteiger partial charge in [-0.15, -0.1) is 0 Å². The molecule has 2 aromatic carbocycles. The van der Waals surface area contributed by atoms with Crippen LogP contribution < -0.4 is 10.1 Å². The molecule has 1 unspecified atom stereocenters. The highest BCUT2D eigenvalue weighted by molar-refractivity contribution is 6.30. The second-order valence-electron chi connectivity index (χ2n) is 4.67. The summed E-state index contributed by atoms with van der Waals surface area (Å²) in [5.41, 5.74) is 1.99. The highest BCUT2D eigenvalue weighted by Crippen LogP contribution is 2.28. The molecule has 0 saturated carbocycles. The summed E-state index contributed by atoms with van der Waals surface area (Å²) in [6.45, 7) is 5.40. The number of nitrogens with one attached hydrogen (secondary N) is 1. The molecule has 0 aliphatic carbocycles. The first-order valence-corrected chi connectivity index (χ1v) is 7.44. The van der Waals surface area contributed by atoms with E-state index in [1.165, 1.54) is 6.07 Å². The van der Waals surface area contributed by atoms with Gasteiger partial charge in [0.05, 0.1) is 17.7 Å². The van der Waals surface area contributed by atoms with E-state index in [2.05, 4.69) is 5.32 Å². The molecule has 112 valence electrons. The van der Waals surface area contributed by atoms with Crippen LogP contribution in [-0.4, -0.2) is 13.2 Å². The highest BCUT2D eigenvalue weighted by atomic mass is 35.5. The van der Waals surface area contributed by atoms with E-state index >= 15 is 0 Å². The van der Waals surface area contributed by atoms with Gasteiger partial charge in [0, 0.05) is 0 Å². The van der Waals surface area contributed by atoms with Crippen molar-refractivity contribution in [2.45, 2.75) is 19.9 Å². The molecular formula is C17H19ClFNO. The Morgan fingerprint density at radius 3 is 2.57 bits per heavy atom. The maximum Gasteiger partial charge on any atom is 0.141 e. The smallest absolute Gasteiger partial charge is 0.141 e. The van der Waals surface area contributed by atoms with Crippen molar-refractivity contribution >= 4 is 11.6 Å². The van der Waals surface area contributed by atoms with E-state index in [-0.39, 0.29) is 11.1 Å². The van der Waals surface area contributed by atoms with Crippen LogP contribution in [0.15, 0.2) is 42.5 Å². The summed E-state index contributed by atoms with van der Waals surface area (Å²) in [5.74, 6) is 0.421. The zero-order chi connectivity index (χ0) is 15.2. The second kappa shape index (κ2) is 7.43. The third-order valence-electron chi connectivity index (χ3n) is 3.19. The molecule has 0 bridgehead atoms. The van der Waals surface area contributed by atoms with Gasteiger partial charge in [-0.05, 0) is 48.9 Å². The number of benzene rings is 2. The molecule has 0 fully saturated rings. The molecule has 1 atom stereocenters. The quantitative estimate of drug-likeness (QED) is 0.843. The minimum atomic E-state index is -0.404. The fourth-order valence-corrected chi connectivity index (χ4v) is 2.46. The fraction of sp³-hybridized carbons (Fsp3) is 0.294. The molecule has 2 rings (SSSR count). The molecule has 0 spiro atoms. The van der Waals surface area contributed by atoms with Crippen molar-refractivity contribution in [3.8, 4) is 5.75 Å². The molecule has 0 aliphatic rings. The topological polar surface area (TPSA) is 21.3 Å². The summed E-state index contributed by atoms with van der Waals surface area (Å²) in [6, 6.07) is 12.7. The second-order valence-corrected chi connectivity index (χ2v) is 5.08. The Bertz CT molecular complexity index is 603. The van der Waals surface area contributed by atoms with E-state index in [9.17, 15) is 4.39 Å². The van der Waals surface area contributed by atoms with Crippen LogP contribution in [-0.2, 0) is 0 Å². The van der Waals surface area contributed by atoms with Crippen molar-refractivity contribution in [3.05, 3.63) is 64.4 Å². The Labute approximate surface area is 129 Å². The summed E-state index contributed by atoms with van der Waals surface area (Å²) in [5, 5.41) is 3.53. The first-order chi connectivity index (χ1) is 10.2. The molecule has 0 aliphatic heterocycles. The lowest BCUT2D eigenvalue weighted by molar-refractivity contribution is 0.339. The van der Waals surface area contributed by atoms with E-state index in [0.29, 0.717) is 6.61 Å². The van der Waals surface area contributed by atoms with Crippen molar-refractivity contribution in [1.29, 1.82) is 0 Å². The summed E-state index contributed by atoms with van der Waals surface area (Å²) in [4.78, 5) is 0. The Hall–Kier alpha value is -1.58. The van der Waals surface area contributed by atoms with Gasteiger partial charge in [0.2, 0.25) is 0 Å². The van der Waals surface area contributed by atoms with Gasteiger partial charge in [0.25, 0.3) is 0 Å². The summed E-state index contributed by atoms with van der Waals surface area (Å²) in [6.07, 6.45) is 0. The third-order valence-corrected chi connectivity index (χ3v) is 3.48. The van der Waals surface area contributed by atoms with E-state index in [1.54, 1.807) is 12.1 Å². The molecule has 0 heterocycles. The first kappa shape index (κ1) is 15.8. The minimum Gasteiger partial charge on any atom is -0.494 e. The number of hydrogen-bond acceptors (Lipinski definition) is 2. The number of halogens is 2. The van der Waals surface area contributed by atoms with Crippen molar-refractivity contribution in [3.63, 3.8) is 0 Å². The zero-order valence-electron chi connectivity index (χ0n) is 12.2. The maximum absolute atomic E-state index is 13.3. The molecule has 1 N–H and O–H groups in total. The van der Waals surface area contributed by atoms with Gasteiger partial charge in [-0.1, -0.05) is 36.7 Å². The molecule has 0 amide bonds. The number of hydrogen-bond donors (Lipinski definition) is 1. The predicted molar refractivity (Wildman–Crippen MR) is 84.5 cm³/mol. The SMILES string of the molecule is CCNC(c1cccc(OCC)c1)c1ccc(F)c(Cl)c1. The largest absolute Gasteiger partial charge is 0.494 e. The van der Waals surface area contributed by atoms with Gasteiger partial charge in [-0.3, -0.25) is 0 Å². The minimum absolute atomic E-state index is 0.0477. The molecular weight excluding hydrogens is 289 g/mol. The Morgan fingerprint density at radius 2 is 1.90 bits per heavy atom. The first-order valence-electron chi connectivity index (χ1n) is 7.06. The fourth-order valence-electron chi connectivity index (χ4n) is 2.27.